The molecule has 0 atom stereocenters. The number of hydrogen-bond donors (Lipinski definition) is 2. The molecule has 2 N–H and O–H groups in total. The average Bonchev–Trinajstić information content (AvgIpc) is 2.97. The van der Waals surface area contributed by atoms with Crippen LogP contribution in [0, 0.1) is 19.7 Å². The highest BCUT2D eigenvalue weighted by Gasteiger charge is 2.17. The van der Waals surface area contributed by atoms with Crippen LogP contribution >= 0.6 is 0 Å². The van der Waals surface area contributed by atoms with Crippen LogP contribution in [0.4, 0.5) is 15.8 Å². The van der Waals surface area contributed by atoms with Gasteiger partial charge in [-0.25, -0.2) is 4.39 Å². The molecule has 0 saturated heterocycles. The first-order valence-electron chi connectivity index (χ1n) is 9.05. The lowest BCUT2D eigenvalue weighted by molar-refractivity contribution is -0.115. The standard InChI is InChI=1S/C22H22FN3O2/c1-4-21(27)24-17-6-5-7-18(13-17)25-22(28)20-12-14(2)26(15(20)3)19-10-8-16(23)9-11-19/h5-13H,4H2,1-3H3,(H,24,27)(H,25,28). The summed E-state index contributed by atoms with van der Waals surface area (Å²) in [6.45, 7) is 5.52. The Kier molecular flexibility index (Phi) is 5.59. The summed E-state index contributed by atoms with van der Waals surface area (Å²) >= 11 is 0. The zero-order valence-electron chi connectivity index (χ0n) is 16.0. The van der Waals surface area contributed by atoms with E-state index in [2.05, 4.69) is 10.6 Å². The molecule has 2 amide bonds. The van der Waals surface area contributed by atoms with Gasteiger partial charge in [0, 0.05) is 34.9 Å². The van der Waals surface area contributed by atoms with Gasteiger partial charge >= 0.3 is 0 Å². The lowest BCUT2D eigenvalue weighted by Gasteiger charge is -2.11. The zero-order chi connectivity index (χ0) is 20.3. The monoisotopic (exact) mass is 379 g/mol. The minimum Gasteiger partial charge on any atom is -0.326 e. The molecule has 1 heterocycles. The van der Waals surface area contributed by atoms with Crippen LogP contribution in [0.25, 0.3) is 5.69 Å². The molecular weight excluding hydrogens is 357 g/mol. The number of hydrogen-bond acceptors (Lipinski definition) is 2. The highest BCUT2D eigenvalue weighted by molar-refractivity contribution is 6.05. The third kappa shape index (κ3) is 4.11. The van der Waals surface area contributed by atoms with Gasteiger partial charge in [0.2, 0.25) is 5.91 Å². The summed E-state index contributed by atoms with van der Waals surface area (Å²) < 4.78 is 15.1. The van der Waals surface area contributed by atoms with Gasteiger partial charge in [0.05, 0.1) is 5.56 Å². The first kappa shape index (κ1) is 19.4. The van der Waals surface area contributed by atoms with Crippen LogP contribution in [0.5, 0.6) is 0 Å². The molecular formula is C22H22FN3O2. The van der Waals surface area contributed by atoms with Gasteiger partial charge in [-0.3, -0.25) is 9.59 Å². The van der Waals surface area contributed by atoms with E-state index in [-0.39, 0.29) is 17.6 Å². The zero-order valence-corrected chi connectivity index (χ0v) is 16.0. The fraction of sp³-hybridized carbons (Fsp3) is 0.182. The highest BCUT2D eigenvalue weighted by Crippen LogP contribution is 2.23. The molecule has 0 aliphatic carbocycles. The van der Waals surface area contributed by atoms with Crippen LogP contribution in [0.2, 0.25) is 0 Å². The van der Waals surface area contributed by atoms with Gasteiger partial charge < -0.3 is 15.2 Å². The summed E-state index contributed by atoms with van der Waals surface area (Å²) in [6.07, 6.45) is 0.381. The van der Waals surface area contributed by atoms with Gasteiger partial charge in [0.25, 0.3) is 5.91 Å². The van der Waals surface area contributed by atoms with Gasteiger partial charge in [0.15, 0.2) is 0 Å². The summed E-state index contributed by atoms with van der Waals surface area (Å²) in [5, 5.41) is 5.64. The molecule has 0 saturated carbocycles. The van der Waals surface area contributed by atoms with Crippen molar-refractivity contribution in [1.29, 1.82) is 0 Å². The molecule has 3 aromatic rings. The Morgan fingerprint density at radius 1 is 0.964 bits per heavy atom. The Morgan fingerprint density at radius 2 is 1.61 bits per heavy atom. The van der Waals surface area contributed by atoms with E-state index < -0.39 is 0 Å². The normalized spacial score (nSPS) is 10.6. The van der Waals surface area contributed by atoms with Crippen LogP contribution < -0.4 is 10.6 Å². The minimum atomic E-state index is -0.306. The molecule has 0 aliphatic heterocycles. The van der Waals surface area contributed by atoms with Crippen molar-refractivity contribution in [3.63, 3.8) is 0 Å². The molecule has 0 unspecified atom stereocenters. The number of benzene rings is 2. The number of nitrogens with zero attached hydrogens (tertiary/aromatic N) is 1. The van der Waals surface area contributed by atoms with E-state index in [9.17, 15) is 14.0 Å². The number of anilines is 2. The minimum absolute atomic E-state index is 0.0914. The van der Waals surface area contributed by atoms with Gasteiger partial charge in [-0.15, -0.1) is 0 Å². The van der Waals surface area contributed by atoms with Crippen molar-refractivity contribution >= 4 is 23.2 Å². The fourth-order valence-corrected chi connectivity index (χ4v) is 3.10. The Bertz CT molecular complexity index is 1020. The molecule has 3 rings (SSSR count). The number of carbonyl (C=O) groups excluding carboxylic acids is 2. The summed E-state index contributed by atoms with van der Waals surface area (Å²) in [4.78, 5) is 24.4. The van der Waals surface area contributed by atoms with E-state index in [1.54, 1.807) is 49.4 Å². The first-order chi connectivity index (χ1) is 13.4. The number of amides is 2. The second-order valence-corrected chi connectivity index (χ2v) is 6.53. The van der Waals surface area contributed by atoms with Crippen molar-refractivity contribution in [2.24, 2.45) is 0 Å². The van der Waals surface area contributed by atoms with E-state index in [0.717, 1.165) is 17.1 Å². The molecule has 0 fully saturated rings. The second-order valence-electron chi connectivity index (χ2n) is 6.53. The first-order valence-corrected chi connectivity index (χ1v) is 9.05. The Labute approximate surface area is 163 Å². The topological polar surface area (TPSA) is 63.1 Å². The van der Waals surface area contributed by atoms with Crippen molar-refractivity contribution in [2.75, 3.05) is 10.6 Å². The highest BCUT2D eigenvalue weighted by atomic mass is 19.1. The number of aromatic nitrogens is 1. The molecule has 0 bridgehead atoms. The Hall–Kier alpha value is -3.41. The summed E-state index contributed by atoms with van der Waals surface area (Å²) in [5.74, 6) is -0.647. The molecule has 28 heavy (non-hydrogen) atoms. The summed E-state index contributed by atoms with van der Waals surface area (Å²) in [6, 6.07) is 15.0. The van der Waals surface area contributed by atoms with Crippen LogP contribution in [-0.4, -0.2) is 16.4 Å². The van der Waals surface area contributed by atoms with Crippen LogP contribution in [-0.2, 0) is 4.79 Å². The van der Waals surface area contributed by atoms with Crippen LogP contribution in [0.15, 0.2) is 54.6 Å². The number of carbonyl (C=O) groups is 2. The quantitative estimate of drug-likeness (QED) is 0.667. The molecule has 0 radical (unpaired) electrons. The largest absolute Gasteiger partial charge is 0.326 e. The van der Waals surface area contributed by atoms with Crippen molar-refractivity contribution in [2.45, 2.75) is 27.2 Å². The van der Waals surface area contributed by atoms with E-state index in [4.69, 9.17) is 0 Å². The van der Waals surface area contributed by atoms with Crippen molar-refractivity contribution in [3.05, 3.63) is 77.4 Å². The third-order valence-electron chi connectivity index (χ3n) is 4.49. The van der Waals surface area contributed by atoms with E-state index in [1.165, 1.54) is 12.1 Å². The van der Waals surface area contributed by atoms with Gasteiger partial charge in [-0.1, -0.05) is 13.0 Å². The maximum absolute atomic E-state index is 13.2. The lowest BCUT2D eigenvalue weighted by Crippen LogP contribution is -2.14. The average molecular weight is 379 g/mol. The molecule has 144 valence electrons. The smallest absolute Gasteiger partial charge is 0.257 e. The van der Waals surface area contributed by atoms with Gasteiger partial charge in [0.1, 0.15) is 5.82 Å². The van der Waals surface area contributed by atoms with Crippen LogP contribution in [0.1, 0.15) is 35.1 Å². The van der Waals surface area contributed by atoms with Crippen molar-refractivity contribution in [3.8, 4) is 5.69 Å². The molecule has 6 heteroatoms. The van der Waals surface area contributed by atoms with Crippen molar-refractivity contribution in [1.82, 2.24) is 4.57 Å². The SMILES string of the molecule is CCC(=O)Nc1cccc(NC(=O)c2cc(C)n(-c3ccc(F)cc3)c2C)c1. The Morgan fingerprint density at radius 3 is 2.25 bits per heavy atom. The molecule has 5 nitrogen and oxygen atoms in total. The predicted octanol–water partition coefficient (Wildman–Crippen LogP) is 4.83. The van der Waals surface area contributed by atoms with E-state index >= 15 is 0 Å². The predicted molar refractivity (Wildman–Crippen MR) is 109 cm³/mol. The summed E-state index contributed by atoms with van der Waals surface area (Å²) in [7, 11) is 0. The number of nitrogens with one attached hydrogen (secondary N) is 2. The van der Waals surface area contributed by atoms with E-state index in [1.807, 2.05) is 18.4 Å². The van der Waals surface area contributed by atoms with Crippen molar-refractivity contribution < 1.29 is 14.0 Å². The lowest BCUT2D eigenvalue weighted by atomic mass is 10.2. The fourth-order valence-electron chi connectivity index (χ4n) is 3.10. The second kappa shape index (κ2) is 8.08. The molecule has 2 aromatic carbocycles. The molecule has 0 spiro atoms. The number of halogens is 1. The Balaban J connectivity index is 1.84. The van der Waals surface area contributed by atoms with Gasteiger partial charge in [-0.2, -0.15) is 0 Å². The maximum Gasteiger partial charge on any atom is 0.257 e. The summed E-state index contributed by atoms with van der Waals surface area (Å²) in [5.41, 5.74) is 4.17. The molecule has 1 aromatic heterocycles. The van der Waals surface area contributed by atoms with Crippen LogP contribution in [0.3, 0.4) is 0 Å². The third-order valence-corrected chi connectivity index (χ3v) is 4.49. The molecule has 0 aliphatic rings. The van der Waals surface area contributed by atoms with E-state index in [0.29, 0.717) is 23.4 Å². The number of rotatable bonds is 5. The number of aryl methyl sites for hydroxylation is 1. The van der Waals surface area contributed by atoms with Gasteiger partial charge in [-0.05, 0) is 62.4 Å². The maximum atomic E-state index is 13.2.